The lowest BCUT2D eigenvalue weighted by molar-refractivity contribution is 0.0696. The van der Waals surface area contributed by atoms with E-state index in [0.717, 1.165) is 0 Å². The van der Waals surface area contributed by atoms with E-state index in [1.54, 1.807) is 42.5 Å². The zero-order valence-electron chi connectivity index (χ0n) is 12.0. The Morgan fingerprint density at radius 2 is 1.65 bits per heavy atom. The highest BCUT2D eigenvalue weighted by Gasteiger charge is 2.21. The van der Waals surface area contributed by atoms with Crippen LogP contribution in [0.1, 0.15) is 21.6 Å². The van der Waals surface area contributed by atoms with Crippen molar-refractivity contribution in [1.82, 2.24) is 9.78 Å². The van der Waals surface area contributed by atoms with Crippen molar-refractivity contribution in [2.45, 2.75) is 0 Å². The van der Waals surface area contributed by atoms with Crippen molar-refractivity contribution in [2.24, 2.45) is 5.16 Å². The number of rotatable bonds is 4. The summed E-state index contributed by atoms with van der Waals surface area (Å²) in [5.74, 6) is -1.17. The van der Waals surface area contributed by atoms with Gasteiger partial charge in [0.25, 0.3) is 0 Å². The standard InChI is InChI=1S/C17H13N3O3/c21-17(22)14-11-20(13-9-5-2-6-10-13)18-16(14)15(19-23)12-7-3-1-4-8-12/h1-11,23H,(H,21,22)/p-1/b19-15+. The molecule has 0 unspecified atom stereocenters. The van der Waals surface area contributed by atoms with Crippen LogP contribution in [-0.2, 0) is 0 Å². The number of carbonyl (C=O) groups is 1. The second-order valence-electron chi connectivity index (χ2n) is 4.78. The Bertz CT molecular complexity index is 855. The summed E-state index contributed by atoms with van der Waals surface area (Å²) >= 11 is 0. The van der Waals surface area contributed by atoms with Crippen LogP contribution in [0.3, 0.4) is 0 Å². The quantitative estimate of drug-likeness (QED) is 0.592. The Kier molecular flexibility index (Phi) is 3.88. The largest absolute Gasteiger partial charge is 0.791 e. The van der Waals surface area contributed by atoms with E-state index in [0.29, 0.717) is 11.3 Å². The molecule has 1 aromatic heterocycles. The van der Waals surface area contributed by atoms with Crippen LogP contribution in [0.25, 0.3) is 5.69 Å². The van der Waals surface area contributed by atoms with Crippen LogP contribution >= 0.6 is 0 Å². The Labute approximate surface area is 131 Å². The van der Waals surface area contributed by atoms with Crippen LogP contribution in [0.15, 0.2) is 72.0 Å². The van der Waals surface area contributed by atoms with Crippen LogP contribution in [0.4, 0.5) is 0 Å². The van der Waals surface area contributed by atoms with Gasteiger partial charge in [-0.2, -0.15) is 5.10 Å². The fourth-order valence-corrected chi connectivity index (χ4v) is 2.25. The average Bonchev–Trinajstić information content (AvgIpc) is 3.03. The van der Waals surface area contributed by atoms with Crippen LogP contribution < -0.4 is 0 Å². The maximum atomic E-state index is 11.5. The van der Waals surface area contributed by atoms with E-state index in [1.165, 1.54) is 10.9 Å². The van der Waals surface area contributed by atoms with Crippen molar-refractivity contribution >= 4 is 11.7 Å². The van der Waals surface area contributed by atoms with Gasteiger partial charge in [0, 0.05) is 11.8 Å². The highest BCUT2D eigenvalue weighted by Crippen LogP contribution is 2.17. The molecule has 0 spiro atoms. The monoisotopic (exact) mass is 306 g/mol. The molecule has 0 aliphatic heterocycles. The van der Waals surface area contributed by atoms with Gasteiger partial charge in [-0.25, -0.2) is 9.48 Å². The number of nitrogens with zero attached hydrogens (tertiary/aromatic N) is 3. The summed E-state index contributed by atoms with van der Waals surface area (Å²) in [5, 5.41) is 28.0. The van der Waals surface area contributed by atoms with Gasteiger partial charge in [0.15, 0.2) is 0 Å². The van der Waals surface area contributed by atoms with E-state index in [2.05, 4.69) is 10.3 Å². The second-order valence-corrected chi connectivity index (χ2v) is 4.78. The number of hydrogen-bond donors (Lipinski definition) is 1. The van der Waals surface area contributed by atoms with Gasteiger partial charge in [-0.1, -0.05) is 48.5 Å². The minimum Gasteiger partial charge on any atom is -0.791 e. The first kappa shape index (κ1) is 14.5. The molecule has 0 saturated carbocycles. The summed E-state index contributed by atoms with van der Waals surface area (Å²) in [5.41, 5.74) is 1.18. The van der Waals surface area contributed by atoms with Gasteiger partial charge in [0.1, 0.15) is 11.3 Å². The van der Waals surface area contributed by atoms with Gasteiger partial charge in [-0.3, -0.25) is 0 Å². The van der Waals surface area contributed by atoms with E-state index >= 15 is 0 Å². The molecule has 0 aliphatic carbocycles. The van der Waals surface area contributed by atoms with Gasteiger partial charge in [0.05, 0.1) is 11.4 Å². The third kappa shape index (κ3) is 2.82. The lowest BCUT2D eigenvalue weighted by Crippen LogP contribution is -2.10. The normalized spacial score (nSPS) is 11.4. The van der Waals surface area contributed by atoms with Crippen LogP contribution in [-0.4, -0.2) is 26.6 Å². The molecule has 1 N–H and O–H groups in total. The molecular weight excluding hydrogens is 294 g/mol. The highest BCUT2D eigenvalue weighted by atomic mass is 16.4. The van der Waals surface area contributed by atoms with Crippen molar-refractivity contribution in [2.75, 3.05) is 0 Å². The number of hydrogen-bond acceptors (Lipinski definition) is 4. The third-order valence-electron chi connectivity index (χ3n) is 3.33. The van der Waals surface area contributed by atoms with Crippen molar-refractivity contribution in [3.63, 3.8) is 0 Å². The summed E-state index contributed by atoms with van der Waals surface area (Å²) in [6, 6.07) is 17.7. The maximum Gasteiger partial charge on any atom is 0.339 e. The molecule has 6 heteroatoms. The summed E-state index contributed by atoms with van der Waals surface area (Å²) in [7, 11) is 0. The van der Waals surface area contributed by atoms with Crippen LogP contribution in [0, 0.1) is 5.21 Å². The van der Waals surface area contributed by atoms with Crippen molar-refractivity contribution in [3.8, 4) is 5.69 Å². The van der Waals surface area contributed by atoms with Gasteiger partial charge < -0.3 is 15.5 Å². The molecule has 0 saturated heterocycles. The molecule has 0 amide bonds. The molecule has 2 aromatic carbocycles. The number of aromatic carboxylic acids is 1. The molecule has 3 rings (SSSR count). The molecule has 0 bridgehead atoms. The smallest absolute Gasteiger partial charge is 0.339 e. The Morgan fingerprint density at radius 1 is 1.04 bits per heavy atom. The van der Waals surface area contributed by atoms with E-state index in [1.807, 2.05) is 18.2 Å². The molecule has 0 radical (unpaired) electrons. The Hall–Kier alpha value is -3.41. The first-order valence-corrected chi connectivity index (χ1v) is 6.85. The molecule has 1 heterocycles. The van der Waals surface area contributed by atoms with E-state index < -0.39 is 5.97 Å². The van der Waals surface area contributed by atoms with Crippen molar-refractivity contribution in [1.29, 1.82) is 0 Å². The van der Waals surface area contributed by atoms with E-state index in [4.69, 9.17) is 0 Å². The minimum absolute atomic E-state index is 0.00215. The number of carboxylic acid groups (broad SMARTS) is 1. The molecule has 0 fully saturated rings. The summed E-state index contributed by atoms with van der Waals surface area (Å²) in [6.45, 7) is 0. The Balaban J connectivity index is 2.15. The number of para-hydroxylation sites is 1. The fourth-order valence-electron chi connectivity index (χ4n) is 2.25. The second kappa shape index (κ2) is 6.15. The first-order valence-electron chi connectivity index (χ1n) is 6.85. The van der Waals surface area contributed by atoms with Crippen LogP contribution in [0.5, 0.6) is 0 Å². The van der Waals surface area contributed by atoms with Gasteiger partial charge in [-0.15, -0.1) is 0 Å². The van der Waals surface area contributed by atoms with Crippen molar-refractivity contribution < 1.29 is 9.90 Å². The molecular formula is C17H12N3O3-. The minimum atomic E-state index is -1.17. The molecule has 6 nitrogen and oxygen atoms in total. The van der Waals surface area contributed by atoms with Gasteiger partial charge in [0.2, 0.25) is 0 Å². The van der Waals surface area contributed by atoms with Gasteiger partial charge in [-0.05, 0) is 12.1 Å². The van der Waals surface area contributed by atoms with Crippen LogP contribution in [0.2, 0.25) is 0 Å². The highest BCUT2D eigenvalue weighted by molar-refractivity contribution is 6.16. The predicted molar refractivity (Wildman–Crippen MR) is 86.0 cm³/mol. The zero-order chi connectivity index (χ0) is 16.2. The third-order valence-corrected chi connectivity index (χ3v) is 3.33. The summed E-state index contributed by atoms with van der Waals surface area (Å²) in [6.07, 6.45) is 1.38. The predicted octanol–water partition coefficient (Wildman–Crippen LogP) is 2.91. The summed E-state index contributed by atoms with van der Waals surface area (Å²) in [4.78, 5) is 11.5. The number of benzene rings is 2. The lowest BCUT2D eigenvalue weighted by atomic mass is 10.0. The molecule has 23 heavy (non-hydrogen) atoms. The molecule has 3 aromatic rings. The average molecular weight is 306 g/mol. The Morgan fingerprint density at radius 3 is 2.22 bits per heavy atom. The van der Waals surface area contributed by atoms with Gasteiger partial charge >= 0.3 is 5.97 Å². The topological polar surface area (TPSA) is 90.5 Å². The number of aromatic nitrogens is 2. The molecule has 0 atom stereocenters. The van der Waals surface area contributed by atoms with Crippen molar-refractivity contribution in [3.05, 3.63) is 88.9 Å². The number of carboxylic acids is 1. The zero-order valence-corrected chi connectivity index (χ0v) is 12.0. The fraction of sp³-hybridized carbons (Fsp3) is 0. The maximum absolute atomic E-state index is 11.5. The van der Waals surface area contributed by atoms with E-state index in [-0.39, 0.29) is 17.0 Å². The van der Waals surface area contributed by atoms with E-state index in [9.17, 15) is 15.1 Å². The lowest BCUT2D eigenvalue weighted by Gasteiger charge is -2.07. The molecule has 114 valence electrons. The first-order chi connectivity index (χ1) is 11.2. The molecule has 0 aliphatic rings. The summed E-state index contributed by atoms with van der Waals surface area (Å²) < 4.78 is 1.42. The SMILES string of the molecule is O=C(O)c1cn(-c2ccccc2)nc1/C(=N/[O-])c1ccccc1.